The summed E-state index contributed by atoms with van der Waals surface area (Å²) >= 11 is 1.81. The number of aromatic nitrogens is 1. The van der Waals surface area contributed by atoms with E-state index in [1.165, 1.54) is 22.7 Å². The summed E-state index contributed by atoms with van der Waals surface area (Å²) in [6.07, 6.45) is 6.33. The van der Waals surface area contributed by atoms with Gasteiger partial charge in [0.05, 0.1) is 5.01 Å². The van der Waals surface area contributed by atoms with Gasteiger partial charge < -0.3 is 5.32 Å². The highest BCUT2D eigenvalue weighted by atomic mass is 32.2. The lowest BCUT2D eigenvalue weighted by Gasteiger charge is -1.99. The van der Waals surface area contributed by atoms with Crippen molar-refractivity contribution in [1.29, 1.82) is 0 Å². The highest BCUT2D eigenvalue weighted by Crippen LogP contribution is 2.41. The quantitative estimate of drug-likeness (QED) is 0.771. The Labute approximate surface area is 96.8 Å². The molecule has 0 aliphatic heterocycles. The molecule has 1 aromatic rings. The van der Waals surface area contributed by atoms with Crippen LogP contribution in [-0.4, -0.2) is 27.7 Å². The van der Waals surface area contributed by atoms with Crippen LogP contribution in [0.3, 0.4) is 0 Å². The van der Waals surface area contributed by atoms with Crippen LogP contribution in [0.5, 0.6) is 0 Å². The molecular formula is C10H16N2OS2. The van der Waals surface area contributed by atoms with Crippen LogP contribution in [0.15, 0.2) is 6.20 Å². The molecule has 1 unspecified atom stereocenters. The normalized spacial score (nSPS) is 17.9. The number of nitrogens with zero attached hydrogens (tertiary/aromatic N) is 1. The molecule has 1 atom stereocenters. The van der Waals surface area contributed by atoms with Crippen LogP contribution in [0.25, 0.3) is 0 Å². The minimum atomic E-state index is -0.690. The predicted octanol–water partition coefficient (Wildman–Crippen LogP) is 1.49. The number of hydrogen-bond donors (Lipinski definition) is 1. The molecule has 3 nitrogen and oxygen atoms in total. The molecule has 1 aliphatic rings. The van der Waals surface area contributed by atoms with Crippen molar-refractivity contribution in [2.24, 2.45) is 0 Å². The van der Waals surface area contributed by atoms with Crippen LogP contribution < -0.4 is 5.32 Å². The van der Waals surface area contributed by atoms with Crippen molar-refractivity contribution < 1.29 is 4.21 Å². The summed E-state index contributed by atoms with van der Waals surface area (Å²) in [5, 5.41) is 4.58. The molecule has 15 heavy (non-hydrogen) atoms. The molecule has 0 radical (unpaired) electrons. The van der Waals surface area contributed by atoms with Crippen LogP contribution in [0.4, 0.5) is 0 Å². The molecule has 1 fully saturated rings. The summed E-state index contributed by atoms with van der Waals surface area (Å²) in [6.45, 7) is 1.68. The van der Waals surface area contributed by atoms with E-state index in [4.69, 9.17) is 0 Å². The maximum absolute atomic E-state index is 10.8. The van der Waals surface area contributed by atoms with Crippen molar-refractivity contribution in [3.8, 4) is 0 Å². The Morgan fingerprint density at radius 2 is 2.47 bits per heavy atom. The minimum absolute atomic E-state index is 0.690. The Morgan fingerprint density at radius 3 is 3.13 bits per heavy atom. The molecule has 84 valence electrons. The van der Waals surface area contributed by atoms with Crippen molar-refractivity contribution >= 4 is 22.1 Å². The average Bonchev–Trinajstić information content (AvgIpc) is 2.94. The van der Waals surface area contributed by atoms with Gasteiger partial charge in [-0.05, 0) is 12.8 Å². The SMILES string of the molecule is CS(=O)CCNCc1cnc(C2CC2)s1. The van der Waals surface area contributed by atoms with Crippen molar-refractivity contribution in [2.45, 2.75) is 25.3 Å². The molecule has 1 aliphatic carbocycles. The van der Waals surface area contributed by atoms with Gasteiger partial charge in [0.1, 0.15) is 0 Å². The third-order valence-corrected chi connectivity index (χ3v) is 4.30. The third kappa shape index (κ3) is 3.66. The van der Waals surface area contributed by atoms with E-state index in [2.05, 4.69) is 10.3 Å². The summed E-state index contributed by atoms with van der Waals surface area (Å²) < 4.78 is 10.8. The average molecular weight is 244 g/mol. The van der Waals surface area contributed by atoms with Gasteiger partial charge in [-0.3, -0.25) is 4.21 Å². The highest BCUT2D eigenvalue weighted by molar-refractivity contribution is 7.84. The van der Waals surface area contributed by atoms with Gasteiger partial charge in [0.25, 0.3) is 0 Å². The van der Waals surface area contributed by atoms with E-state index in [1.54, 1.807) is 6.26 Å². The molecule has 0 bridgehead atoms. The van der Waals surface area contributed by atoms with Crippen LogP contribution in [0, 0.1) is 0 Å². The molecule has 0 amide bonds. The first-order valence-corrected chi connectivity index (χ1v) is 7.75. The standard InChI is InChI=1S/C10H16N2OS2/c1-15(13)5-4-11-6-9-7-12-10(14-9)8-2-3-8/h7-8,11H,2-6H2,1H3. The minimum Gasteiger partial charge on any atom is -0.311 e. The van der Waals surface area contributed by atoms with Crippen molar-refractivity contribution in [3.63, 3.8) is 0 Å². The van der Waals surface area contributed by atoms with Gasteiger partial charge in [-0.25, -0.2) is 4.98 Å². The fourth-order valence-corrected chi connectivity index (χ4v) is 2.84. The highest BCUT2D eigenvalue weighted by Gasteiger charge is 2.26. The molecule has 0 saturated heterocycles. The van der Waals surface area contributed by atoms with Crippen molar-refractivity contribution in [1.82, 2.24) is 10.3 Å². The lowest BCUT2D eigenvalue weighted by Crippen LogP contribution is -2.19. The van der Waals surface area contributed by atoms with Crippen LogP contribution >= 0.6 is 11.3 Å². The molecule has 0 spiro atoms. The Morgan fingerprint density at radius 1 is 1.67 bits per heavy atom. The number of rotatable bonds is 6. The van der Waals surface area contributed by atoms with Gasteiger partial charge in [0, 0.05) is 52.9 Å². The zero-order valence-electron chi connectivity index (χ0n) is 8.86. The molecule has 1 N–H and O–H groups in total. The van der Waals surface area contributed by atoms with Gasteiger partial charge in [-0.2, -0.15) is 0 Å². The second-order valence-electron chi connectivity index (χ2n) is 3.89. The van der Waals surface area contributed by atoms with E-state index in [0.29, 0.717) is 0 Å². The Kier molecular flexibility index (Phi) is 3.88. The summed E-state index contributed by atoms with van der Waals surface area (Å²) in [4.78, 5) is 5.70. The van der Waals surface area contributed by atoms with E-state index >= 15 is 0 Å². The lowest BCUT2D eigenvalue weighted by molar-refractivity contribution is 0.677. The van der Waals surface area contributed by atoms with Crippen LogP contribution in [0.1, 0.15) is 28.6 Å². The molecule has 1 saturated carbocycles. The van der Waals surface area contributed by atoms with E-state index < -0.39 is 10.8 Å². The van der Waals surface area contributed by atoms with E-state index in [-0.39, 0.29) is 0 Å². The third-order valence-electron chi connectivity index (χ3n) is 2.36. The summed E-state index contributed by atoms with van der Waals surface area (Å²) in [5.41, 5.74) is 0. The first-order chi connectivity index (χ1) is 7.25. The zero-order chi connectivity index (χ0) is 10.7. The maximum atomic E-state index is 10.8. The number of thiazole rings is 1. The van der Waals surface area contributed by atoms with E-state index in [0.717, 1.165) is 24.8 Å². The van der Waals surface area contributed by atoms with Crippen molar-refractivity contribution in [2.75, 3.05) is 18.6 Å². The monoisotopic (exact) mass is 244 g/mol. The topological polar surface area (TPSA) is 42.0 Å². The number of hydrogen-bond acceptors (Lipinski definition) is 4. The smallest absolute Gasteiger partial charge is 0.0959 e. The fourth-order valence-electron chi connectivity index (χ4n) is 1.35. The maximum Gasteiger partial charge on any atom is 0.0959 e. The van der Waals surface area contributed by atoms with Crippen LogP contribution in [-0.2, 0) is 17.3 Å². The first kappa shape index (κ1) is 11.2. The predicted molar refractivity (Wildman–Crippen MR) is 64.7 cm³/mol. The van der Waals surface area contributed by atoms with Gasteiger partial charge in [0.15, 0.2) is 0 Å². The van der Waals surface area contributed by atoms with E-state index in [1.807, 2.05) is 17.5 Å². The Hall–Kier alpha value is -0.260. The van der Waals surface area contributed by atoms with Gasteiger partial charge in [0.2, 0.25) is 0 Å². The van der Waals surface area contributed by atoms with E-state index in [9.17, 15) is 4.21 Å². The van der Waals surface area contributed by atoms with Gasteiger partial charge in [-0.1, -0.05) is 0 Å². The molecule has 1 heterocycles. The molecule has 5 heteroatoms. The first-order valence-electron chi connectivity index (χ1n) is 5.21. The molecule has 1 aromatic heterocycles. The largest absolute Gasteiger partial charge is 0.311 e. The Balaban J connectivity index is 1.71. The molecule has 2 rings (SSSR count). The number of nitrogens with one attached hydrogen (secondary N) is 1. The summed E-state index contributed by atoms with van der Waals surface area (Å²) in [5.74, 6) is 1.49. The van der Waals surface area contributed by atoms with Crippen molar-refractivity contribution in [3.05, 3.63) is 16.1 Å². The van der Waals surface area contributed by atoms with Gasteiger partial charge in [-0.15, -0.1) is 11.3 Å². The van der Waals surface area contributed by atoms with Crippen LogP contribution in [0.2, 0.25) is 0 Å². The second-order valence-corrected chi connectivity index (χ2v) is 6.59. The summed E-state index contributed by atoms with van der Waals surface area (Å²) in [6, 6.07) is 0. The molecule has 0 aromatic carbocycles. The fraction of sp³-hybridized carbons (Fsp3) is 0.700. The van der Waals surface area contributed by atoms with Gasteiger partial charge >= 0.3 is 0 Å². The molecular weight excluding hydrogens is 228 g/mol. The zero-order valence-corrected chi connectivity index (χ0v) is 10.5. The second kappa shape index (κ2) is 5.18. The summed E-state index contributed by atoms with van der Waals surface area (Å²) in [7, 11) is -0.690. The Bertz CT molecular complexity index is 347. The lowest BCUT2D eigenvalue weighted by atomic mass is 10.5.